The Labute approximate surface area is 361 Å². The normalized spacial score (nSPS) is 13.6. The first-order chi connectivity index (χ1) is 28.6. The molecule has 0 amide bonds. The monoisotopic (exact) mass is 827 g/mol. The quantitative estimate of drug-likeness (QED) is 0.0284. The molecule has 0 spiro atoms. The van der Waals surface area contributed by atoms with Gasteiger partial charge < -0.3 is 23.8 Å². The van der Waals surface area contributed by atoms with Crippen molar-refractivity contribution in [1.29, 1.82) is 0 Å². The van der Waals surface area contributed by atoms with E-state index in [1.807, 2.05) is 33.3 Å². The lowest BCUT2D eigenvalue weighted by atomic mass is 10.1. The molecule has 59 heavy (non-hydrogen) atoms. The third-order valence-corrected chi connectivity index (χ3v) is 10.1. The zero-order valence-corrected chi connectivity index (χ0v) is 38.4. The van der Waals surface area contributed by atoms with Gasteiger partial charge in [0, 0.05) is 19.3 Å². The van der Waals surface area contributed by atoms with Gasteiger partial charge in [-0.2, -0.15) is 0 Å². The third-order valence-electron chi connectivity index (χ3n) is 10.1. The Hall–Kier alpha value is -3.23. The van der Waals surface area contributed by atoms with Crippen molar-refractivity contribution in [2.45, 2.75) is 193 Å². The molecule has 0 rings (SSSR count). The lowest BCUT2D eigenvalue weighted by molar-refractivity contribution is -0.887. The largest absolute Gasteiger partial charge is 0.477 e. The fourth-order valence-corrected chi connectivity index (χ4v) is 6.49. The molecular weight excluding hydrogens is 739 g/mol. The number of rotatable bonds is 41. The SMILES string of the molecule is CC/C=C/C/C=C/C/C=C/C/C=C/C/C=C/CCC(=O)OC(COCCC(C(=O)O)[N+](C)(C)C)COC(=O)CCCCCCCCC/C=C/CCCCCCCCCC. The van der Waals surface area contributed by atoms with Crippen LogP contribution in [0.5, 0.6) is 0 Å². The predicted molar refractivity (Wildman–Crippen MR) is 247 cm³/mol. The summed E-state index contributed by atoms with van der Waals surface area (Å²) < 4.78 is 17.2. The zero-order valence-electron chi connectivity index (χ0n) is 38.4. The molecule has 0 aromatic heterocycles. The zero-order chi connectivity index (χ0) is 43.5. The molecule has 0 saturated heterocycles. The number of carboxylic acids is 1. The molecule has 0 bridgehead atoms. The van der Waals surface area contributed by atoms with Gasteiger partial charge >= 0.3 is 17.9 Å². The fraction of sp³-hybridized carbons (Fsp3) is 0.706. The number of quaternary nitrogens is 1. The summed E-state index contributed by atoms with van der Waals surface area (Å²) in [6.07, 6.45) is 52.5. The van der Waals surface area contributed by atoms with Crippen LogP contribution in [0.1, 0.15) is 181 Å². The molecular formula is C51H88NO7+. The first-order valence-corrected chi connectivity index (χ1v) is 23.5. The number of allylic oxidation sites excluding steroid dienone is 12. The van der Waals surface area contributed by atoms with Crippen molar-refractivity contribution >= 4 is 17.9 Å². The Morgan fingerprint density at radius 3 is 1.47 bits per heavy atom. The molecule has 0 radical (unpaired) electrons. The number of esters is 2. The van der Waals surface area contributed by atoms with Crippen LogP contribution in [0.25, 0.3) is 0 Å². The van der Waals surface area contributed by atoms with Crippen molar-refractivity contribution in [3.05, 3.63) is 72.9 Å². The van der Waals surface area contributed by atoms with Crippen LogP contribution in [0.15, 0.2) is 72.9 Å². The van der Waals surface area contributed by atoms with Gasteiger partial charge in [-0.1, -0.05) is 164 Å². The van der Waals surface area contributed by atoms with E-state index in [2.05, 4.69) is 74.6 Å². The first-order valence-electron chi connectivity index (χ1n) is 23.5. The summed E-state index contributed by atoms with van der Waals surface area (Å²) in [7, 11) is 5.50. The van der Waals surface area contributed by atoms with Gasteiger partial charge in [0.25, 0.3) is 0 Å². The molecule has 0 fully saturated rings. The molecule has 0 aliphatic heterocycles. The van der Waals surface area contributed by atoms with Crippen LogP contribution in [0.4, 0.5) is 0 Å². The van der Waals surface area contributed by atoms with Gasteiger partial charge in [-0.25, -0.2) is 4.79 Å². The lowest BCUT2D eigenvalue weighted by Gasteiger charge is -2.31. The third kappa shape index (κ3) is 40.0. The van der Waals surface area contributed by atoms with Gasteiger partial charge in [0.1, 0.15) is 6.61 Å². The maximum absolute atomic E-state index is 12.7. The van der Waals surface area contributed by atoms with Crippen molar-refractivity contribution < 1.29 is 38.2 Å². The number of hydrogen-bond donors (Lipinski definition) is 1. The predicted octanol–water partition coefficient (Wildman–Crippen LogP) is 13.1. The number of likely N-dealkylation sites (N-methyl/N-ethyl adjacent to an activating group) is 1. The van der Waals surface area contributed by atoms with Crippen LogP contribution in [0, 0.1) is 0 Å². The molecule has 0 aromatic rings. The van der Waals surface area contributed by atoms with E-state index in [4.69, 9.17) is 14.2 Å². The summed E-state index contributed by atoms with van der Waals surface area (Å²) in [5.74, 6) is -1.58. The van der Waals surface area contributed by atoms with Gasteiger partial charge in [0.2, 0.25) is 0 Å². The lowest BCUT2D eigenvalue weighted by Crippen LogP contribution is -2.50. The molecule has 338 valence electrons. The smallest absolute Gasteiger partial charge is 0.362 e. The topological polar surface area (TPSA) is 99.1 Å². The number of unbranched alkanes of at least 4 members (excludes halogenated alkanes) is 15. The minimum absolute atomic E-state index is 0.0270. The molecule has 0 heterocycles. The number of carbonyl (C=O) groups is 3. The van der Waals surface area contributed by atoms with Crippen LogP contribution in [0.2, 0.25) is 0 Å². The number of carboxylic acid groups (broad SMARTS) is 1. The number of nitrogens with zero attached hydrogens (tertiary/aromatic N) is 1. The van der Waals surface area contributed by atoms with Crippen molar-refractivity contribution in [3.8, 4) is 0 Å². The molecule has 2 atom stereocenters. The van der Waals surface area contributed by atoms with Crippen LogP contribution in [-0.4, -0.2) is 80.6 Å². The van der Waals surface area contributed by atoms with Crippen molar-refractivity contribution in [3.63, 3.8) is 0 Å². The number of hydrogen-bond acceptors (Lipinski definition) is 6. The van der Waals surface area contributed by atoms with E-state index in [-0.39, 0.29) is 42.7 Å². The van der Waals surface area contributed by atoms with Gasteiger partial charge in [-0.3, -0.25) is 9.59 Å². The molecule has 0 aliphatic rings. The first kappa shape index (κ1) is 55.8. The second-order valence-corrected chi connectivity index (χ2v) is 16.6. The molecule has 2 unspecified atom stereocenters. The maximum Gasteiger partial charge on any atom is 0.362 e. The summed E-state index contributed by atoms with van der Waals surface area (Å²) in [6.45, 7) is 4.53. The highest BCUT2D eigenvalue weighted by molar-refractivity contribution is 5.72. The van der Waals surface area contributed by atoms with Gasteiger partial charge in [-0.15, -0.1) is 0 Å². The van der Waals surface area contributed by atoms with E-state index >= 15 is 0 Å². The van der Waals surface area contributed by atoms with E-state index in [0.717, 1.165) is 51.4 Å². The number of ether oxygens (including phenoxy) is 3. The van der Waals surface area contributed by atoms with Crippen LogP contribution in [-0.2, 0) is 28.6 Å². The second-order valence-electron chi connectivity index (χ2n) is 16.6. The number of carbonyl (C=O) groups excluding carboxylic acids is 2. The van der Waals surface area contributed by atoms with E-state index in [9.17, 15) is 19.5 Å². The molecule has 0 saturated carbocycles. The average molecular weight is 827 g/mol. The highest BCUT2D eigenvalue weighted by Gasteiger charge is 2.31. The Morgan fingerprint density at radius 2 is 0.983 bits per heavy atom. The van der Waals surface area contributed by atoms with Crippen LogP contribution in [0.3, 0.4) is 0 Å². The van der Waals surface area contributed by atoms with Crippen LogP contribution >= 0.6 is 0 Å². The molecule has 1 N–H and O–H groups in total. The molecule has 8 nitrogen and oxygen atoms in total. The Morgan fingerprint density at radius 1 is 0.525 bits per heavy atom. The molecule has 0 aromatic carbocycles. The van der Waals surface area contributed by atoms with Crippen LogP contribution < -0.4 is 0 Å². The summed E-state index contributed by atoms with van der Waals surface area (Å²) in [6, 6.07) is -0.631. The second kappa shape index (κ2) is 41.5. The van der Waals surface area contributed by atoms with E-state index in [1.165, 1.54) is 89.9 Å². The minimum atomic E-state index is -0.889. The molecule has 8 heteroatoms. The fourth-order valence-electron chi connectivity index (χ4n) is 6.49. The van der Waals surface area contributed by atoms with E-state index in [1.54, 1.807) is 0 Å². The van der Waals surface area contributed by atoms with Crippen molar-refractivity contribution in [2.75, 3.05) is 41.0 Å². The Balaban J connectivity index is 4.40. The Bertz CT molecular complexity index is 1190. The summed E-state index contributed by atoms with van der Waals surface area (Å²) in [5, 5.41) is 9.63. The number of aliphatic carboxylic acids is 1. The Kier molecular flexibility index (Phi) is 39.2. The van der Waals surface area contributed by atoms with Crippen molar-refractivity contribution in [2.24, 2.45) is 0 Å². The molecule has 0 aliphatic carbocycles. The van der Waals surface area contributed by atoms with Gasteiger partial charge in [0.15, 0.2) is 12.1 Å². The van der Waals surface area contributed by atoms with E-state index < -0.39 is 18.1 Å². The van der Waals surface area contributed by atoms with E-state index in [0.29, 0.717) is 19.3 Å². The van der Waals surface area contributed by atoms with Gasteiger partial charge in [-0.05, 0) is 70.6 Å². The highest BCUT2D eigenvalue weighted by Crippen LogP contribution is 2.13. The average Bonchev–Trinajstić information content (AvgIpc) is 3.19. The summed E-state index contributed by atoms with van der Waals surface area (Å²) in [5.41, 5.74) is 0. The highest BCUT2D eigenvalue weighted by atomic mass is 16.6. The van der Waals surface area contributed by atoms with Gasteiger partial charge in [0.05, 0.1) is 34.4 Å². The summed E-state index contributed by atoms with van der Waals surface area (Å²) >= 11 is 0. The standard InChI is InChI=1S/C51H87NO7/c1-6-8-10-12-14-16-18-20-22-24-25-26-28-29-31-33-35-37-39-41-49(53)58-46-47(45-57-44-43-48(51(55)56)52(3,4)5)59-50(54)42-40-38-36-34-32-30-27-23-21-19-17-15-13-11-9-7-2/h9,11,15,17,21,23-25,30,32,36,38,47-48H,6-8,10,12-14,16,18-20,22,26-29,31,33-35,37,39-46H2,1-5H3/p+1/b11-9+,17-15+,23-21+,25-24+,32-30+,38-36+. The summed E-state index contributed by atoms with van der Waals surface area (Å²) in [4.78, 5) is 37.0. The maximum atomic E-state index is 12.7. The van der Waals surface area contributed by atoms with Crippen molar-refractivity contribution in [1.82, 2.24) is 0 Å². The minimum Gasteiger partial charge on any atom is -0.477 e.